The first-order valence-electron chi connectivity index (χ1n) is 5.74. The first-order valence-corrected chi connectivity index (χ1v) is 5.74. The number of nitrogens with zero attached hydrogens (tertiary/aromatic N) is 1. The maximum Gasteiger partial charge on any atom is 0.305 e. The van der Waals surface area contributed by atoms with Crippen molar-refractivity contribution in [2.75, 3.05) is 6.54 Å². The summed E-state index contributed by atoms with van der Waals surface area (Å²) in [6, 6.07) is 5.21. The Kier molecular flexibility index (Phi) is 4.83. The van der Waals surface area contributed by atoms with E-state index < -0.39 is 23.7 Å². The molecule has 0 aliphatic rings. The Morgan fingerprint density at radius 3 is 2.50 bits per heavy atom. The lowest BCUT2D eigenvalue weighted by atomic mass is 10.1. The summed E-state index contributed by atoms with van der Waals surface area (Å²) < 4.78 is 13.5. The van der Waals surface area contributed by atoms with Crippen LogP contribution in [0, 0.1) is 5.82 Å². The molecular formula is C13H16FNO3. The molecule has 0 aliphatic carbocycles. The molecule has 18 heavy (non-hydrogen) atoms. The molecule has 1 N–H and O–H groups in total. The average molecular weight is 253 g/mol. The van der Waals surface area contributed by atoms with E-state index in [0.717, 1.165) is 0 Å². The Morgan fingerprint density at radius 2 is 2.00 bits per heavy atom. The Morgan fingerprint density at radius 1 is 1.39 bits per heavy atom. The summed E-state index contributed by atoms with van der Waals surface area (Å²) in [4.78, 5) is 24.1. The number of carbonyl (C=O) groups is 2. The number of carbonyl (C=O) groups excluding carboxylic acids is 1. The van der Waals surface area contributed by atoms with Gasteiger partial charge < -0.3 is 10.0 Å². The number of benzene rings is 1. The first-order chi connectivity index (χ1) is 8.47. The minimum atomic E-state index is -0.984. The van der Waals surface area contributed by atoms with Crippen molar-refractivity contribution in [2.24, 2.45) is 0 Å². The van der Waals surface area contributed by atoms with Gasteiger partial charge in [-0.1, -0.05) is 12.1 Å². The predicted octanol–water partition coefficient (Wildman–Crippen LogP) is 2.15. The van der Waals surface area contributed by atoms with E-state index in [1.165, 1.54) is 23.1 Å². The number of carboxylic acids is 1. The molecule has 98 valence electrons. The third-order valence-corrected chi connectivity index (χ3v) is 2.71. The van der Waals surface area contributed by atoms with Gasteiger partial charge in [0.2, 0.25) is 0 Å². The molecule has 1 unspecified atom stereocenters. The lowest BCUT2D eigenvalue weighted by Crippen LogP contribution is -2.40. The van der Waals surface area contributed by atoms with E-state index in [4.69, 9.17) is 5.11 Å². The summed E-state index contributed by atoms with van der Waals surface area (Å²) in [7, 11) is 0. The number of hydrogen-bond donors (Lipinski definition) is 1. The molecule has 1 aromatic carbocycles. The highest BCUT2D eigenvalue weighted by atomic mass is 19.1. The number of halogens is 1. The van der Waals surface area contributed by atoms with Crippen LogP contribution in [0.25, 0.3) is 0 Å². The molecule has 4 nitrogen and oxygen atoms in total. The van der Waals surface area contributed by atoms with Crippen molar-refractivity contribution in [1.29, 1.82) is 0 Å². The van der Waals surface area contributed by atoms with Gasteiger partial charge in [-0.25, -0.2) is 4.39 Å². The molecule has 1 atom stereocenters. The van der Waals surface area contributed by atoms with Gasteiger partial charge in [0, 0.05) is 12.6 Å². The van der Waals surface area contributed by atoms with Crippen molar-refractivity contribution in [2.45, 2.75) is 26.3 Å². The van der Waals surface area contributed by atoms with Crippen molar-refractivity contribution in [3.8, 4) is 0 Å². The average Bonchev–Trinajstić information content (AvgIpc) is 2.29. The van der Waals surface area contributed by atoms with Crippen LogP contribution in [0.3, 0.4) is 0 Å². The van der Waals surface area contributed by atoms with Crippen LogP contribution in [0.1, 0.15) is 30.6 Å². The smallest absolute Gasteiger partial charge is 0.305 e. The molecule has 0 heterocycles. The van der Waals surface area contributed by atoms with Crippen LogP contribution < -0.4 is 0 Å². The predicted molar refractivity (Wildman–Crippen MR) is 64.8 cm³/mol. The van der Waals surface area contributed by atoms with Crippen LogP contribution in [0.2, 0.25) is 0 Å². The number of aliphatic carboxylic acids is 1. The van der Waals surface area contributed by atoms with Gasteiger partial charge in [-0.2, -0.15) is 0 Å². The number of amides is 1. The van der Waals surface area contributed by atoms with Crippen LogP contribution in [0.5, 0.6) is 0 Å². The lowest BCUT2D eigenvalue weighted by molar-refractivity contribution is -0.138. The van der Waals surface area contributed by atoms with Gasteiger partial charge in [0.15, 0.2) is 0 Å². The van der Waals surface area contributed by atoms with E-state index >= 15 is 0 Å². The molecule has 0 bridgehead atoms. The topological polar surface area (TPSA) is 57.6 Å². The van der Waals surface area contributed by atoms with E-state index in [1.54, 1.807) is 19.9 Å². The van der Waals surface area contributed by atoms with E-state index in [2.05, 4.69) is 0 Å². The third kappa shape index (κ3) is 3.29. The minimum Gasteiger partial charge on any atom is -0.481 e. The van der Waals surface area contributed by atoms with Crippen LogP contribution in [-0.4, -0.2) is 34.5 Å². The van der Waals surface area contributed by atoms with Gasteiger partial charge >= 0.3 is 5.97 Å². The summed E-state index contributed by atoms with van der Waals surface area (Å²) in [6.45, 7) is 3.70. The summed E-state index contributed by atoms with van der Waals surface area (Å²) in [6.07, 6.45) is -0.159. The second-order valence-electron chi connectivity index (χ2n) is 4.02. The van der Waals surface area contributed by atoms with Crippen molar-refractivity contribution in [3.05, 3.63) is 35.6 Å². The van der Waals surface area contributed by atoms with E-state index in [9.17, 15) is 14.0 Å². The van der Waals surface area contributed by atoms with Crippen LogP contribution in [-0.2, 0) is 4.79 Å². The van der Waals surface area contributed by atoms with Gasteiger partial charge in [-0.05, 0) is 26.0 Å². The van der Waals surface area contributed by atoms with E-state index in [1.807, 2.05) is 0 Å². The second-order valence-corrected chi connectivity index (χ2v) is 4.02. The van der Waals surface area contributed by atoms with Gasteiger partial charge in [0.1, 0.15) is 5.82 Å². The largest absolute Gasteiger partial charge is 0.481 e. The Labute approximate surface area is 105 Å². The fourth-order valence-electron chi connectivity index (χ4n) is 1.81. The molecule has 1 aromatic rings. The van der Waals surface area contributed by atoms with Crippen molar-refractivity contribution >= 4 is 11.9 Å². The molecule has 0 fully saturated rings. The molecule has 1 amide bonds. The third-order valence-electron chi connectivity index (χ3n) is 2.71. The Bertz CT molecular complexity index is 448. The zero-order valence-electron chi connectivity index (χ0n) is 10.4. The van der Waals surface area contributed by atoms with Gasteiger partial charge in [-0.3, -0.25) is 9.59 Å². The van der Waals surface area contributed by atoms with Gasteiger partial charge in [0.25, 0.3) is 5.91 Å². The molecule has 0 saturated carbocycles. The Balaban J connectivity index is 2.92. The number of hydrogen-bond acceptors (Lipinski definition) is 2. The molecule has 0 spiro atoms. The molecule has 0 aliphatic heterocycles. The van der Waals surface area contributed by atoms with E-state index in [-0.39, 0.29) is 12.0 Å². The first kappa shape index (κ1) is 14.2. The summed E-state index contributed by atoms with van der Waals surface area (Å²) >= 11 is 0. The molecular weight excluding hydrogens is 237 g/mol. The normalized spacial score (nSPS) is 11.9. The molecule has 1 rings (SSSR count). The maximum absolute atomic E-state index is 13.5. The summed E-state index contributed by atoms with van der Waals surface area (Å²) in [5.74, 6) is -2.06. The standard InChI is InChI=1S/C13H16FNO3/c1-3-15(9(2)8-12(16)17)13(18)10-6-4-5-7-11(10)14/h4-7,9H,3,8H2,1-2H3,(H,16,17). The SMILES string of the molecule is CCN(C(=O)c1ccccc1F)C(C)CC(=O)O. The van der Waals surface area contributed by atoms with Crippen LogP contribution >= 0.6 is 0 Å². The Hall–Kier alpha value is -1.91. The van der Waals surface area contributed by atoms with Crippen LogP contribution in [0.4, 0.5) is 4.39 Å². The van der Waals surface area contributed by atoms with Gasteiger partial charge in [0.05, 0.1) is 12.0 Å². The summed E-state index contributed by atoms with van der Waals surface area (Å²) in [5, 5.41) is 8.72. The zero-order chi connectivity index (χ0) is 13.7. The molecule has 0 saturated heterocycles. The summed E-state index contributed by atoms with van der Waals surface area (Å²) in [5.41, 5.74) is -0.0309. The highest BCUT2D eigenvalue weighted by Crippen LogP contribution is 2.13. The quantitative estimate of drug-likeness (QED) is 0.874. The highest BCUT2D eigenvalue weighted by Gasteiger charge is 2.23. The van der Waals surface area contributed by atoms with Crippen molar-refractivity contribution < 1.29 is 19.1 Å². The van der Waals surface area contributed by atoms with E-state index in [0.29, 0.717) is 6.54 Å². The van der Waals surface area contributed by atoms with Gasteiger partial charge in [-0.15, -0.1) is 0 Å². The fraction of sp³-hybridized carbons (Fsp3) is 0.385. The number of rotatable bonds is 5. The maximum atomic E-state index is 13.5. The molecule has 0 radical (unpaired) electrons. The lowest BCUT2D eigenvalue weighted by Gasteiger charge is -2.27. The highest BCUT2D eigenvalue weighted by molar-refractivity contribution is 5.94. The van der Waals surface area contributed by atoms with Crippen molar-refractivity contribution in [1.82, 2.24) is 4.90 Å². The minimum absolute atomic E-state index is 0.0309. The second kappa shape index (κ2) is 6.14. The zero-order valence-corrected chi connectivity index (χ0v) is 10.4. The fourth-order valence-corrected chi connectivity index (χ4v) is 1.81. The van der Waals surface area contributed by atoms with Crippen LogP contribution in [0.15, 0.2) is 24.3 Å². The van der Waals surface area contributed by atoms with Crippen molar-refractivity contribution in [3.63, 3.8) is 0 Å². The number of carboxylic acid groups (broad SMARTS) is 1. The monoisotopic (exact) mass is 253 g/mol. The molecule has 5 heteroatoms. The molecule has 0 aromatic heterocycles.